The first-order valence-electron chi connectivity index (χ1n) is 8.60. The Balaban J connectivity index is 2.12. The highest BCUT2D eigenvalue weighted by molar-refractivity contribution is 5.94. The average Bonchev–Trinajstić information content (AvgIpc) is 3.11. The van der Waals surface area contributed by atoms with Crippen molar-refractivity contribution in [3.05, 3.63) is 53.6 Å². The number of nitrogens with one attached hydrogen (secondary N) is 1. The molecule has 0 aliphatic heterocycles. The van der Waals surface area contributed by atoms with Gasteiger partial charge in [-0.05, 0) is 43.7 Å². The number of rotatable bonds is 4. The van der Waals surface area contributed by atoms with Crippen LogP contribution in [-0.2, 0) is 6.18 Å². The van der Waals surface area contributed by atoms with Crippen LogP contribution in [0.3, 0.4) is 0 Å². The summed E-state index contributed by atoms with van der Waals surface area (Å²) in [5, 5.41) is 6.35. The zero-order valence-electron chi connectivity index (χ0n) is 15.5. The smallest absolute Gasteiger partial charge is 0.335 e. The van der Waals surface area contributed by atoms with Gasteiger partial charge in [0, 0.05) is 11.6 Å². The van der Waals surface area contributed by atoms with Gasteiger partial charge in [0.1, 0.15) is 5.82 Å². The lowest BCUT2D eigenvalue weighted by atomic mass is 10.0. The van der Waals surface area contributed by atoms with Gasteiger partial charge in [0.2, 0.25) is 0 Å². The van der Waals surface area contributed by atoms with Gasteiger partial charge in [-0.1, -0.05) is 12.8 Å². The van der Waals surface area contributed by atoms with Crippen LogP contribution in [0.5, 0.6) is 0 Å². The number of carbonyl (C=O) groups is 1. The first kappa shape index (κ1) is 20.3. The van der Waals surface area contributed by atoms with E-state index in [4.69, 9.17) is 6.42 Å². The number of hydrogen-bond acceptors (Lipinski definition) is 3. The molecule has 0 saturated heterocycles. The zero-order chi connectivity index (χ0) is 21.4. The van der Waals surface area contributed by atoms with Crippen molar-refractivity contribution in [3.8, 4) is 23.6 Å². The third kappa shape index (κ3) is 4.06. The van der Waals surface area contributed by atoms with Crippen molar-refractivity contribution in [3.63, 3.8) is 0 Å². The number of fused-ring (bicyclic) bond motifs is 1. The molecule has 0 fully saturated rings. The third-order valence-corrected chi connectivity index (χ3v) is 4.51. The Hall–Kier alpha value is -3.41. The minimum absolute atomic E-state index is 0.0290. The van der Waals surface area contributed by atoms with Gasteiger partial charge in [0.15, 0.2) is 17.0 Å². The van der Waals surface area contributed by atoms with Crippen LogP contribution in [-0.4, -0.2) is 26.0 Å². The van der Waals surface area contributed by atoms with Crippen LogP contribution >= 0.6 is 0 Å². The molecule has 0 radical (unpaired) electrons. The molecule has 0 spiro atoms. The maximum absolute atomic E-state index is 13.6. The molecule has 2 aromatic heterocycles. The molecule has 3 rings (SSSR count). The van der Waals surface area contributed by atoms with Crippen LogP contribution in [0.4, 0.5) is 17.6 Å². The number of terminal acetylenes is 1. The zero-order valence-corrected chi connectivity index (χ0v) is 15.5. The van der Waals surface area contributed by atoms with E-state index in [1.807, 2.05) is 0 Å². The van der Waals surface area contributed by atoms with Gasteiger partial charge < -0.3 is 5.32 Å². The summed E-state index contributed by atoms with van der Waals surface area (Å²) < 4.78 is 54.5. The largest absolute Gasteiger partial charge is 0.433 e. The summed E-state index contributed by atoms with van der Waals surface area (Å²) in [6.07, 6.45) is 1.08. The fourth-order valence-electron chi connectivity index (χ4n) is 2.60. The normalized spacial score (nSPS) is 13.7. The predicted octanol–water partition coefficient (Wildman–Crippen LogP) is 4.09. The molecular formula is C20H16F4N4O. The van der Waals surface area contributed by atoms with Crippen molar-refractivity contribution >= 4 is 11.6 Å². The van der Waals surface area contributed by atoms with E-state index in [1.165, 1.54) is 12.1 Å². The van der Waals surface area contributed by atoms with E-state index < -0.39 is 29.1 Å². The molecule has 0 aliphatic rings. The summed E-state index contributed by atoms with van der Waals surface area (Å²) in [7, 11) is 0. The molecule has 3 aromatic rings. The van der Waals surface area contributed by atoms with Gasteiger partial charge in [0.05, 0.1) is 11.2 Å². The lowest BCUT2D eigenvalue weighted by Gasteiger charge is -2.22. The minimum Gasteiger partial charge on any atom is -0.335 e. The van der Waals surface area contributed by atoms with Gasteiger partial charge >= 0.3 is 6.18 Å². The van der Waals surface area contributed by atoms with E-state index in [0.717, 1.165) is 24.3 Å². The van der Waals surface area contributed by atoms with Gasteiger partial charge in [-0.2, -0.15) is 18.3 Å². The Morgan fingerprint density at radius 3 is 2.45 bits per heavy atom. The third-order valence-electron chi connectivity index (χ3n) is 4.51. The Bertz CT molecular complexity index is 1110. The molecule has 1 unspecified atom stereocenters. The van der Waals surface area contributed by atoms with Gasteiger partial charge in [-0.15, -0.1) is 6.42 Å². The van der Waals surface area contributed by atoms with Crippen LogP contribution in [0.2, 0.25) is 0 Å². The van der Waals surface area contributed by atoms with Gasteiger partial charge in [-0.25, -0.2) is 13.9 Å². The molecule has 9 heteroatoms. The van der Waals surface area contributed by atoms with Gasteiger partial charge in [0.25, 0.3) is 5.91 Å². The summed E-state index contributed by atoms with van der Waals surface area (Å²) in [4.78, 5) is 16.6. The van der Waals surface area contributed by atoms with Crippen molar-refractivity contribution in [1.29, 1.82) is 0 Å². The predicted molar refractivity (Wildman–Crippen MR) is 98.4 cm³/mol. The lowest BCUT2D eigenvalue weighted by molar-refractivity contribution is -0.142. The summed E-state index contributed by atoms with van der Waals surface area (Å²) >= 11 is 0. The van der Waals surface area contributed by atoms with Gasteiger partial charge in [-0.3, -0.25) is 4.79 Å². The SMILES string of the molecule is C#CC(C)(CC)NC(=O)c1cc2nc(-c3ccc(F)cc3)cc(C(F)(F)F)n2n1. The van der Waals surface area contributed by atoms with E-state index in [-0.39, 0.29) is 22.6 Å². The van der Waals surface area contributed by atoms with E-state index in [0.29, 0.717) is 10.9 Å². The maximum Gasteiger partial charge on any atom is 0.433 e. The number of carbonyl (C=O) groups excluding carboxylic acids is 1. The number of halogens is 4. The minimum atomic E-state index is -4.76. The molecular weight excluding hydrogens is 388 g/mol. The highest BCUT2D eigenvalue weighted by Gasteiger charge is 2.36. The molecule has 1 amide bonds. The van der Waals surface area contributed by atoms with Crippen molar-refractivity contribution < 1.29 is 22.4 Å². The fraction of sp³-hybridized carbons (Fsp3) is 0.250. The second-order valence-corrected chi connectivity index (χ2v) is 6.61. The van der Waals surface area contributed by atoms with Crippen LogP contribution < -0.4 is 5.32 Å². The Kier molecular flexibility index (Phi) is 5.05. The second kappa shape index (κ2) is 7.20. The second-order valence-electron chi connectivity index (χ2n) is 6.61. The highest BCUT2D eigenvalue weighted by Crippen LogP contribution is 2.32. The number of nitrogens with zero attached hydrogens (tertiary/aromatic N) is 3. The average molecular weight is 404 g/mol. The van der Waals surface area contributed by atoms with E-state index in [2.05, 4.69) is 21.3 Å². The number of alkyl halides is 3. The fourth-order valence-corrected chi connectivity index (χ4v) is 2.60. The standard InChI is InChI=1S/C20H16F4N4O/c1-4-19(3,5-2)26-18(29)15-11-17-25-14(12-6-8-13(21)9-7-12)10-16(20(22,23)24)28(17)27-15/h1,6-11H,5H2,2-3H3,(H,26,29). The summed E-state index contributed by atoms with van der Waals surface area (Å²) in [6, 6.07) is 6.82. The first-order chi connectivity index (χ1) is 13.6. The lowest BCUT2D eigenvalue weighted by Crippen LogP contribution is -2.44. The topological polar surface area (TPSA) is 59.3 Å². The van der Waals surface area contributed by atoms with E-state index >= 15 is 0 Å². The van der Waals surface area contributed by atoms with E-state index in [9.17, 15) is 22.4 Å². The number of amides is 1. The molecule has 29 heavy (non-hydrogen) atoms. The quantitative estimate of drug-likeness (QED) is 0.527. The van der Waals surface area contributed by atoms with E-state index in [1.54, 1.807) is 13.8 Å². The molecule has 1 aromatic carbocycles. The summed E-state index contributed by atoms with van der Waals surface area (Å²) in [5.41, 5.74) is -2.25. The van der Waals surface area contributed by atoms with Crippen LogP contribution in [0.15, 0.2) is 36.4 Å². The maximum atomic E-state index is 13.6. The molecule has 5 nitrogen and oxygen atoms in total. The molecule has 150 valence electrons. The highest BCUT2D eigenvalue weighted by atomic mass is 19.4. The molecule has 1 atom stereocenters. The first-order valence-corrected chi connectivity index (χ1v) is 8.60. The number of benzene rings is 1. The molecule has 0 bridgehead atoms. The van der Waals surface area contributed by atoms with Crippen molar-refractivity contribution in [1.82, 2.24) is 19.9 Å². The van der Waals surface area contributed by atoms with Crippen LogP contribution in [0.1, 0.15) is 36.5 Å². The van der Waals surface area contributed by atoms with Crippen molar-refractivity contribution in [2.45, 2.75) is 32.0 Å². The van der Waals surface area contributed by atoms with Crippen molar-refractivity contribution in [2.75, 3.05) is 0 Å². The number of aromatic nitrogens is 3. The molecule has 2 heterocycles. The van der Waals surface area contributed by atoms with Crippen LogP contribution in [0, 0.1) is 18.2 Å². The summed E-state index contributed by atoms with van der Waals surface area (Å²) in [6.45, 7) is 3.38. The molecule has 1 N–H and O–H groups in total. The van der Waals surface area contributed by atoms with Crippen molar-refractivity contribution in [2.24, 2.45) is 0 Å². The summed E-state index contributed by atoms with van der Waals surface area (Å²) in [5.74, 6) is 1.20. The van der Waals surface area contributed by atoms with Crippen LogP contribution in [0.25, 0.3) is 16.9 Å². The Morgan fingerprint density at radius 1 is 1.24 bits per heavy atom. The molecule has 0 saturated carbocycles. The monoisotopic (exact) mass is 404 g/mol. The number of hydrogen-bond donors (Lipinski definition) is 1. The molecule has 0 aliphatic carbocycles. The Morgan fingerprint density at radius 2 is 1.90 bits per heavy atom. The Labute approximate surface area is 163 Å².